The lowest BCUT2D eigenvalue weighted by atomic mass is 9.53. The highest BCUT2D eigenvalue weighted by atomic mass is 35.5. The van der Waals surface area contributed by atoms with Gasteiger partial charge in [0, 0.05) is 19.7 Å². The predicted molar refractivity (Wildman–Crippen MR) is 96.2 cm³/mol. The standard InChI is InChI=1S/C18H30N2O3.ClH/c1-2-7-22-18-10-13-8-14(11-18)16(15(9-13)12-18)23-17(21)20-6-4-3-5-19;/h3-4,13-16H,2,5-12,19H2,1H3,(H,20,21);1H/b4-3+;. The van der Waals surface area contributed by atoms with Crippen LogP contribution < -0.4 is 11.1 Å². The molecule has 4 aliphatic carbocycles. The highest BCUT2D eigenvalue weighted by Gasteiger charge is 2.57. The van der Waals surface area contributed by atoms with E-state index in [1.54, 1.807) is 0 Å². The Labute approximate surface area is 151 Å². The highest BCUT2D eigenvalue weighted by Crippen LogP contribution is 2.58. The summed E-state index contributed by atoms with van der Waals surface area (Å²) in [5.74, 6) is 1.71. The van der Waals surface area contributed by atoms with Gasteiger partial charge in [-0.2, -0.15) is 0 Å². The third kappa shape index (κ3) is 4.24. The van der Waals surface area contributed by atoms with Gasteiger partial charge in [-0.3, -0.25) is 0 Å². The number of rotatable bonds is 7. The molecule has 2 atom stereocenters. The molecule has 0 aromatic carbocycles. The van der Waals surface area contributed by atoms with Crippen molar-refractivity contribution in [3.05, 3.63) is 12.2 Å². The number of nitrogens with two attached hydrogens (primary N) is 1. The molecule has 0 saturated heterocycles. The summed E-state index contributed by atoms with van der Waals surface area (Å²) < 4.78 is 12.0. The molecule has 1 amide bonds. The molecule has 2 unspecified atom stereocenters. The number of carbonyl (C=O) groups excluding carboxylic acids is 1. The van der Waals surface area contributed by atoms with E-state index in [-0.39, 0.29) is 30.2 Å². The number of halogens is 1. The monoisotopic (exact) mass is 358 g/mol. The van der Waals surface area contributed by atoms with E-state index in [1.165, 1.54) is 19.3 Å². The summed E-state index contributed by atoms with van der Waals surface area (Å²) in [6.45, 7) is 3.98. The quantitative estimate of drug-likeness (QED) is 0.686. The molecule has 4 aliphatic rings. The summed E-state index contributed by atoms with van der Waals surface area (Å²) in [4.78, 5) is 12.0. The Balaban J connectivity index is 0.00000208. The molecule has 4 fully saturated rings. The number of alkyl carbamates (subject to hydrolysis) is 1. The number of hydrogen-bond acceptors (Lipinski definition) is 4. The van der Waals surface area contributed by atoms with E-state index in [2.05, 4.69) is 12.2 Å². The predicted octanol–water partition coefficient (Wildman–Crippen LogP) is 3.02. The normalized spacial score (nSPS) is 36.6. The molecule has 5 nitrogen and oxygen atoms in total. The molecule has 0 aliphatic heterocycles. The molecule has 0 aromatic rings. The maximum absolute atomic E-state index is 12.0. The Morgan fingerprint density at radius 2 is 1.96 bits per heavy atom. The number of nitrogens with one attached hydrogen (secondary N) is 1. The average Bonchev–Trinajstić information content (AvgIpc) is 2.52. The minimum atomic E-state index is -0.298. The van der Waals surface area contributed by atoms with Crippen LogP contribution in [-0.2, 0) is 9.47 Å². The van der Waals surface area contributed by atoms with Gasteiger partial charge in [0.2, 0.25) is 0 Å². The SMILES string of the molecule is CCCOC12CC3CC(C1)C(OC(=O)NC/C=C/CN)C(C3)C2.Cl. The second-order valence-electron chi connectivity index (χ2n) is 7.46. The van der Waals surface area contributed by atoms with Crippen LogP contribution >= 0.6 is 12.4 Å². The Morgan fingerprint density at radius 1 is 1.25 bits per heavy atom. The molecule has 24 heavy (non-hydrogen) atoms. The van der Waals surface area contributed by atoms with Gasteiger partial charge in [-0.05, 0) is 56.3 Å². The summed E-state index contributed by atoms with van der Waals surface area (Å²) in [6, 6.07) is 0. The van der Waals surface area contributed by atoms with E-state index in [1.807, 2.05) is 12.2 Å². The fraction of sp³-hybridized carbons (Fsp3) is 0.833. The number of carbonyl (C=O) groups is 1. The third-order valence-corrected chi connectivity index (χ3v) is 5.65. The Morgan fingerprint density at radius 3 is 2.58 bits per heavy atom. The van der Waals surface area contributed by atoms with Crippen molar-refractivity contribution in [3.8, 4) is 0 Å². The van der Waals surface area contributed by atoms with Crippen LogP contribution in [-0.4, -0.2) is 37.5 Å². The molecular weight excluding hydrogens is 328 g/mol. The van der Waals surface area contributed by atoms with Gasteiger partial charge in [0.25, 0.3) is 0 Å². The largest absolute Gasteiger partial charge is 0.446 e. The summed E-state index contributed by atoms with van der Waals surface area (Å²) >= 11 is 0. The van der Waals surface area contributed by atoms with Crippen molar-refractivity contribution >= 4 is 18.5 Å². The van der Waals surface area contributed by atoms with Gasteiger partial charge in [0.15, 0.2) is 0 Å². The first-order chi connectivity index (χ1) is 11.2. The van der Waals surface area contributed by atoms with Crippen molar-refractivity contribution in [1.29, 1.82) is 0 Å². The van der Waals surface area contributed by atoms with E-state index in [0.29, 0.717) is 24.9 Å². The maximum Gasteiger partial charge on any atom is 0.407 e. The molecule has 4 bridgehead atoms. The lowest BCUT2D eigenvalue weighted by Gasteiger charge is -2.58. The third-order valence-electron chi connectivity index (χ3n) is 5.65. The van der Waals surface area contributed by atoms with Crippen molar-refractivity contribution in [2.24, 2.45) is 23.5 Å². The van der Waals surface area contributed by atoms with Gasteiger partial charge in [-0.15, -0.1) is 12.4 Å². The number of hydrogen-bond donors (Lipinski definition) is 2. The second kappa shape index (κ2) is 8.54. The molecule has 0 heterocycles. The zero-order valence-electron chi connectivity index (χ0n) is 14.5. The van der Waals surface area contributed by atoms with Crippen LogP contribution in [0.15, 0.2) is 12.2 Å². The zero-order chi connectivity index (χ0) is 16.3. The minimum Gasteiger partial charge on any atom is -0.446 e. The van der Waals surface area contributed by atoms with Crippen molar-refractivity contribution in [2.45, 2.75) is 57.2 Å². The van der Waals surface area contributed by atoms with Gasteiger partial charge >= 0.3 is 6.09 Å². The lowest BCUT2D eigenvalue weighted by Crippen LogP contribution is -2.59. The topological polar surface area (TPSA) is 73.6 Å². The van der Waals surface area contributed by atoms with Crippen LogP contribution in [0.4, 0.5) is 4.79 Å². The summed E-state index contributed by atoms with van der Waals surface area (Å²) in [7, 11) is 0. The number of amides is 1. The Kier molecular flexibility index (Phi) is 6.96. The van der Waals surface area contributed by atoms with Crippen LogP contribution in [0.5, 0.6) is 0 Å². The van der Waals surface area contributed by atoms with Crippen LogP contribution in [0.25, 0.3) is 0 Å². The van der Waals surface area contributed by atoms with Crippen LogP contribution in [0.1, 0.15) is 45.4 Å². The fourth-order valence-corrected chi connectivity index (χ4v) is 5.08. The van der Waals surface area contributed by atoms with Crippen molar-refractivity contribution in [2.75, 3.05) is 19.7 Å². The first-order valence-electron chi connectivity index (χ1n) is 9.09. The first-order valence-corrected chi connectivity index (χ1v) is 9.09. The lowest BCUT2D eigenvalue weighted by molar-refractivity contribution is -0.200. The van der Waals surface area contributed by atoms with Gasteiger partial charge in [-0.1, -0.05) is 19.1 Å². The molecular formula is C18H31ClN2O3. The van der Waals surface area contributed by atoms with Gasteiger partial charge < -0.3 is 20.5 Å². The van der Waals surface area contributed by atoms with E-state index in [9.17, 15) is 4.79 Å². The van der Waals surface area contributed by atoms with Crippen molar-refractivity contribution < 1.29 is 14.3 Å². The zero-order valence-corrected chi connectivity index (χ0v) is 15.4. The van der Waals surface area contributed by atoms with Crippen LogP contribution in [0.3, 0.4) is 0 Å². The molecule has 6 heteroatoms. The summed E-state index contributed by atoms with van der Waals surface area (Å²) in [5.41, 5.74) is 5.45. The van der Waals surface area contributed by atoms with E-state index in [4.69, 9.17) is 15.2 Å². The second-order valence-corrected chi connectivity index (χ2v) is 7.46. The molecule has 4 rings (SSSR count). The van der Waals surface area contributed by atoms with Gasteiger partial charge in [-0.25, -0.2) is 4.79 Å². The van der Waals surface area contributed by atoms with Crippen LogP contribution in [0.2, 0.25) is 0 Å². The van der Waals surface area contributed by atoms with E-state index >= 15 is 0 Å². The summed E-state index contributed by atoms with van der Waals surface area (Å²) in [6.07, 6.45) is 10.2. The summed E-state index contributed by atoms with van der Waals surface area (Å²) in [5, 5.41) is 2.79. The van der Waals surface area contributed by atoms with E-state index in [0.717, 1.165) is 31.8 Å². The molecule has 138 valence electrons. The van der Waals surface area contributed by atoms with Gasteiger partial charge in [0.1, 0.15) is 6.10 Å². The molecule has 0 spiro atoms. The smallest absolute Gasteiger partial charge is 0.407 e. The van der Waals surface area contributed by atoms with E-state index < -0.39 is 0 Å². The Hall–Kier alpha value is -0.780. The average molecular weight is 359 g/mol. The van der Waals surface area contributed by atoms with Crippen molar-refractivity contribution in [1.82, 2.24) is 5.32 Å². The number of ether oxygens (including phenoxy) is 2. The molecule has 4 saturated carbocycles. The maximum atomic E-state index is 12.0. The molecule has 0 aromatic heterocycles. The minimum absolute atomic E-state index is 0. The first kappa shape index (κ1) is 19.5. The van der Waals surface area contributed by atoms with Crippen molar-refractivity contribution in [3.63, 3.8) is 0 Å². The van der Waals surface area contributed by atoms with Gasteiger partial charge in [0.05, 0.1) is 5.60 Å². The van der Waals surface area contributed by atoms with Crippen LogP contribution in [0, 0.1) is 17.8 Å². The highest BCUT2D eigenvalue weighted by molar-refractivity contribution is 5.85. The molecule has 0 radical (unpaired) electrons. The Bertz CT molecular complexity index is 442. The fourth-order valence-electron chi connectivity index (χ4n) is 5.08. The molecule has 3 N–H and O–H groups in total.